The van der Waals surface area contributed by atoms with Crippen LogP contribution in [0, 0.1) is 6.92 Å². The second kappa shape index (κ2) is 6.19. The molecule has 0 aliphatic rings. The molecule has 3 aromatic rings. The Morgan fingerprint density at radius 3 is 2.52 bits per heavy atom. The molecular formula is C17H14F3N3O2. The number of esters is 1. The number of ether oxygens (including phenoxy) is 1. The quantitative estimate of drug-likeness (QED) is 0.679. The molecule has 0 aliphatic heterocycles. The van der Waals surface area contributed by atoms with Crippen molar-refractivity contribution in [2.75, 3.05) is 7.11 Å². The van der Waals surface area contributed by atoms with Crippen LogP contribution in [0.5, 0.6) is 0 Å². The average Bonchev–Trinajstić information content (AvgIpc) is 2.98. The van der Waals surface area contributed by atoms with Crippen molar-refractivity contribution in [3.05, 3.63) is 54.0 Å². The van der Waals surface area contributed by atoms with Gasteiger partial charge in [-0.1, -0.05) is 11.6 Å². The van der Waals surface area contributed by atoms with Gasteiger partial charge in [0, 0.05) is 29.5 Å². The van der Waals surface area contributed by atoms with Gasteiger partial charge in [-0.25, -0.2) is 9.97 Å². The molecule has 5 nitrogen and oxygen atoms in total. The van der Waals surface area contributed by atoms with Gasteiger partial charge in [0.25, 0.3) is 0 Å². The highest BCUT2D eigenvalue weighted by Gasteiger charge is 2.48. The van der Waals surface area contributed by atoms with Crippen molar-refractivity contribution in [2.45, 2.75) is 19.0 Å². The van der Waals surface area contributed by atoms with Crippen LogP contribution >= 0.6 is 0 Å². The second-order valence-electron chi connectivity index (χ2n) is 5.52. The predicted octanol–water partition coefficient (Wildman–Crippen LogP) is 3.55. The number of fused-ring (bicyclic) bond motifs is 1. The molecule has 1 aromatic carbocycles. The smallest absolute Gasteiger partial charge is 0.406 e. The van der Waals surface area contributed by atoms with Crippen molar-refractivity contribution in [3.63, 3.8) is 0 Å². The van der Waals surface area contributed by atoms with Gasteiger partial charge in [0.1, 0.15) is 0 Å². The first kappa shape index (κ1) is 16.9. The standard InChI is InChI=1S/C17H14F3N3O2/c1-10-8-11-4-7-23(16-21-5-3-6-22-16)14(11)12(9-10)13(15(24)25-2)17(18,19)20/h3-9,13H,1-2H3. The van der Waals surface area contributed by atoms with Crippen molar-refractivity contribution >= 4 is 16.9 Å². The van der Waals surface area contributed by atoms with Gasteiger partial charge < -0.3 is 4.74 Å². The average molecular weight is 349 g/mol. The maximum Gasteiger partial charge on any atom is 0.406 e. The Morgan fingerprint density at radius 2 is 1.92 bits per heavy atom. The molecule has 2 aromatic heterocycles. The third-order valence-corrected chi connectivity index (χ3v) is 3.80. The van der Waals surface area contributed by atoms with Gasteiger partial charge >= 0.3 is 12.1 Å². The topological polar surface area (TPSA) is 57.0 Å². The van der Waals surface area contributed by atoms with E-state index in [1.807, 2.05) is 0 Å². The zero-order valence-electron chi connectivity index (χ0n) is 13.4. The van der Waals surface area contributed by atoms with E-state index < -0.39 is 18.1 Å². The van der Waals surface area contributed by atoms with Crippen LogP contribution in [0.3, 0.4) is 0 Å². The lowest BCUT2D eigenvalue weighted by atomic mass is 9.94. The summed E-state index contributed by atoms with van der Waals surface area (Å²) in [5.41, 5.74) is 0.642. The van der Waals surface area contributed by atoms with Crippen molar-refractivity contribution < 1.29 is 22.7 Å². The fourth-order valence-electron chi connectivity index (χ4n) is 2.83. The number of rotatable bonds is 3. The summed E-state index contributed by atoms with van der Waals surface area (Å²) < 4.78 is 46.6. The Hall–Kier alpha value is -2.90. The zero-order chi connectivity index (χ0) is 18.2. The summed E-state index contributed by atoms with van der Waals surface area (Å²) in [4.78, 5) is 20.1. The fraction of sp³-hybridized carbons (Fsp3) is 0.235. The van der Waals surface area contributed by atoms with Gasteiger partial charge in [0.05, 0.1) is 12.6 Å². The molecule has 0 N–H and O–H groups in total. The molecule has 1 atom stereocenters. The molecular weight excluding hydrogens is 335 g/mol. The van der Waals surface area contributed by atoms with Gasteiger partial charge in [0.2, 0.25) is 5.95 Å². The van der Waals surface area contributed by atoms with E-state index in [0.717, 1.165) is 7.11 Å². The predicted molar refractivity (Wildman–Crippen MR) is 84.4 cm³/mol. The number of alkyl halides is 3. The molecule has 1 unspecified atom stereocenters. The number of hydrogen-bond acceptors (Lipinski definition) is 4. The van der Waals surface area contributed by atoms with E-state index in [1.165, 1.54) is 23.0 Å². The Morgan fingerprint density at radius 1 is 1.24 bits per heavy atom. The maximum absolute atomic E-state index is 13.6. The molecule has 0 bridgehead atoms. The Labute approximate surface area is 141 Å². The number of benzene rings is 1. The van der Waals surface area contributed by atoms with Crippen LogP contribution in [0.1, 0.15) is 17.0 Å². The van der Waals surface area contributed by atoms with Gasteiger partial charge in [-0.2, -0.15) is 13.2 Å². The molecule has 0 spiro atoms. The summed E-state index contributed by atoms with van der Waals surface area (Å²) >= 11 is 0. The van der Waals surface area contributed by atoms with E-state index in [9.17, 15) is 18.0 Å². The summed E-state index contributed by atoms with van der Waals surface area (Å²) in [7, 11) is 0.938. The monoisotopic (exact) mass is 349 g/mol. The minimum absolute atomic E-state index is 0.188. The number of aryl methyl sites for hydroxylation is 1. The summed E-state index contributed by atoms with van der Waals surface area (Å²) in [5.74, 6) is -3.54. The van der Waals surface area contributed by atoms with E-state index in [-0.39, 0.29) is 17.0 Å². The number of nitrogens with zero attached hydrogens (tertiary/aromatic N) is 3. The van der Waals surface area contributed by atoms with Gasteiger partial charge in [0.15, 0.2) is 5.92 Å². The molecule has 25 heavy (non-hydrogen) atoms. The first-order valence-electron chi connectivity index (χ1n) is 7.36. The van der Waals surface area contributed by atoms with Crippen molar-refractivity contribution in [2.24, 2.45) is 0 Å². The van der Waals surface area contributed by atoms with Crippen LogP contribution in [0.15, 0.2) is 42.9 Å². The molecule has 0 saturated carbocycles. The van der Waals surface area contributed by atoms with E-state index in [2.05, 4.69) is 14.7 Å². The second-order valence-corrected chi connectivity index (χ2v) is 5.52. The number of halogens is 3. The maximum atomic E-state index is 13.6. The highest BCUT2D eigenvalue weighted by atomic mass is 19.4. The normalized spacial score (nSPS) is 13.0. The number of carbonyl (C=O) groups is 1. The SMILES string of the molecule is COC(=O)C(c1cc(C)cc2ccn(-c3ncccn3)c12)C(F)(F)F. The molecule has 0 amide bonds. The molecule has 2 heterocycles. The van der Waals surface area contributed by atoms with Gasteiger partial charge in [-0.05, 0) is 25.1 Å². The first-order valence-corrected chi connectivity index (χ1v) is 7.36. The van der Waals surface area contributed by atoms with Crippen LogP contribution in [0.4, 0.5) is 13.2 Å². The van der Waals surface area contributed by atoms with Crippen LogP contribution in [0.25, 0.3) is 16.9 Å². The zero-order valence-corrected chi connectivity index (χ0v) is 13.4. The molecule has 3 rings (SSSR count). The third-order valence-electron chi connectivity index (χ3n) is 3.80. The van der Waals surface area contributed by atoms with Crippen LogP contribution in [-0.2, 0) is 9.53 Å². The molecule has 0 radical (unpaired) electrons. The number of methoxy groups -OCH3 is 1. The summed E-state index contributed by atoms with van der Waals surface area (Å²) in [5, 5.41) is 0.556. The Balaban J connectivity index is 2.33. The van der Waals surface area contributed by atoms with Crippen LogP contribution in [0.2, 0.25) is 0 Å². The minimum Gasteiger partial charge on any atom is -0.468 e. The lowest BCUT2D eigenvalue weighted by Crippen LogP contribution is -2.30. The van der Waals surface area contributed by atoms with Crippen molar-refractivity contribution in [3.8, 4) is 5.95 Å². The van der Waals surface area contributed by atoms with Crippen molar-refractivity contribution in [1.29, 1.82) is 0 Å². The largest absolute Gasteiger partial charge is 0.468 e. The Bertz CT molecular complexity index is 920. The van der Waals surface area contributed by atoms with Crippen LogP contribution < -0.4 is 0 Å². The number of hydrogen-bond donors (Lipinski definition) is 0. The summed E-state index contributed by atoms with van der Waals surface area (Å²) in [6.07, 6.45) is -0.235. The van der Waals surface area contributed by atoms with E-state index in [1.54, 1.807) is 31.3 Å². The summed E-state index contributed by atoms with van der Waals surface area (Å²) in [6.45, 7) is 1.67. The number of carbonyl (C=O) groups excluding carboxylic acids is 1. The minimum atomic E-state index is -4.79. The molecule has 0 saturated heterocycles. The van der Waals surface area contributed by atoms with Gasteiger partial charge in [-0.15, -0.1) is 0 Å². The Kier molecular flexibility index (Phi) is 4.20. The van der Waals surface area contributed by atoms with Crippen molar-refractivity contribution in [1.82, 2.24) is 14.5 Å². The fourth-order valence-corrected chi connectivity index (χ4v) is 2.83. The van der Waals surface area contributed by atoms with Crippen LogP contribution in [-0.4, -0.2) is 33.8 Å². The molecule has 0 aliphatic carbocycles. The van der Waals surface area contributed by atoms with E-state index in [4.69, 9.17) is 0 Å². The highest BCUT2D eigenvalue weighted by Crippen LogP contribution is 2.40. The molecule has 130 valence electrons. The lowest BCUT2D eigenvalue weighted by Gasteiger charge is -2.20. The molecule has 8 heteroatoms. The third kappa shape index (κ3) is 3.07. The summed E-state index contributed by atoms with van der Waals surface area (Å²) in [6, 6.07) is 6.35. The van der Waals surface area contributed by atoms with E-state index in [0.29, 0.717) is 10.9 Å². The molecule has 0 fully saturated rings. The van der Waals surface area contributed by atoms with Gasteiger partial charge in [-0.3, -0.25) is 9.36 Å². The lowest BCUT2D eigenvalue weighted by molar-refractivity contribution is -0.179. The number of aromatic nitrogens is 3. The first-order chi connectivity index (χ1) is 11.8. The van der Waals surface area contributed by atoms with E-state index >= 15 is 0 Å². The highest BCUT2D eigenvalue weighted by molar-refractivity contribution is 5.91.